The van der Waals surface area contributed by atoms with Gasteiger partial charge in [0.05, 0.1) is 6.61 Å². The summed E-state index contributed by atoms with van der Waals surface area (Å²) in [6.45, 7) is 7.63. The molecule has 2 rings (SSSR count). The van der Waals surface area contributed by atoms with E-state index in [1.165, 1.54) is 12.8 Å². The van der Waals surface area contributed by atoms with Crippen LogP contribution in [0.25, 0.3) is 0 Å². The van der Waals surface area contributed by atoms with Crippen LogP contribution < -0.4 is 5.32 Å². The number of aliphatic imine (C=N–C) groups is 1. The summed E-state index contributed by atoms with van der Waals surface area (Å²) in [6, 6.07) is 0.600. The smallest absolute Gasteiger partial charge is 0.193 e. The fourth-order valence-electron chi connectivity index (χ4n) is 2.56. The number of hydrogen-bond donors (Lipinski definition) is 1. The van der Waals surface area contributed by atoms with Gasteiger partial charge in [0, 0.05) is 39.2 Å². The molecule has 0 aromatic heterocycles. The van der Waals surface area contributed by atoms with Crippen molar-refractivity contribution in [3.05, 3.63) is 0 Å². The minimum atomic E-state index is 0.446. The lowest BCUT2D eigenvalue weighted by Crippen LogP contribution is -2.42. The highest BCUT2D eigenvalue weighted by Gasteiger charge is 2.46. The Labute approximate surface area is 104 Å². The number of methoxy groups -OCH3 is 1. The number of nitrogens with one attached hydrogen (secondary N) is 1. The third kappa shape index (κ3) is 2.92. The molecule has 1 aliphatic carbocycles. The van der Waals surface area contributed by atoms with Crippen molar-refractivity contribution in [3.63, 3.8) is 0 Å². The first-order valence-electron chi connectivity index (χ1n) is 6.54. The summed E-state index contributed by atoms with van der Waals surface area (Å²) in [5, 5.41) is 3.57. The maximum Gasteiger partial charge on any atom is 0.193 e. The van der Waals surface area contributed by atoms with E-state index < -0.39 is 0 Å². The van der Waals surface area contributed by atoms with Crippen LogP contribution in [0, 0.1) is 11.3 Å². The number of rotatable bonds is 3. The van der Waals surface area contributed by atoms with Crippen LogP contribution in [0.5, 0.6) is 0 Å². The summed E-state index contributed by atoms with van der Waals surface area (Å²) in [5.41, 5.74) is 0.446. The Hall–Kier alpha value is -0.770. The lowest BCUT2D eigenvalue weighted by Gasteiger charge is -2.22. The highest BCUT2D eigenvalue weighted by atomic mass is 16.5. The van der Waals surface area contributed by atoms with E-state index in [4.69, 9.17) is 4.74 Å². The van der Waals surface area contributed by atoms with Gasteiger partial charge in [0.2, 0.25) is 0 Å². The predicted octanol–water partition coefficient (Wildman–Crippen LogP) is 1.33. The van der Waals surface area contributed by atoms with Crippen LogP contribution in [0.2, 0.25) is 0 Å². The highest BCUT2D eigenvalue weighted by Crippen LogP contribution is 2.44. The van der Waals surface area contributed by atoms with Gasteiger partial charge in [-0.05, 0) is 18.3 Å². The molecule has 0 spiro atoms. The monoisotopic (exact) mass is 239 g/mol. The quantitative estimate of drug-likeness (QED) is 0.596. The van der Waals surface area contributed by atoms with Gasteiger partial charge in [-0.2, -0.15) is 0 Å². The molecule has 0 radical (unpaired) electrons. The van der Waals surface area contributed by atoms with Crippen molar-refractivity contribution in [1.82, 2.24) is 10.2 Å². The number of guanidine groups is 1. The van der Waals surface area contributed by atoms with Crippen molar-refractivity contribution in [2.75, 3.05) is 33.9 Å². The zero-order valence-corrected chi connectivity index (χ0v) is 11.5. The van der Waals surface area contributed by atoms with E-state index in [0.717, 1.165) is 25.7 Å². The number of nitrogens with zero attached hydrogens (tertiary/aromatic N) is 2. The van der Waals surface area contributed by atoms with Gasteiger partial charge >= 0.3 is 0 Å². The number of hydrogen-bond acceptors (Lipinski definition) is 2. The molecule has 0 aromatic carbocycles. The van der Waals surface area contributed by atoms with E-state index in [-0.39, 0.29) is 0 Å². The third-order valence-corrected chi connectivity index (χ3v) is 4.02. The molecule has 0 amide bonds. The Bertz CT molecular complexity index is 301. The molecule has 1 saturated carbocycles. The Morgan fingerprint density at radius 1 is 1.53 bits per heavy atom. The molecular weight excluding hydrogens is 214 g/mol. The van der Waals surface area contributed by atoms with E-state index in [1.807, 2.05) is 7.05 Å². The molecule has 1 heterocycles. The summed E-state index contributed by atoms with van der Waals surface area (Å²) in [6.07, 6.45) is 2.46. The molecule has 2 atom stereocenters. The summed E-state index contributed by atoms with van der Waals surface area (Å²) in [5.74, 6) is 1.73. The van der Waals surface area contributed by atoms with E-state index >= 15 is 0 Å². The van der Waals surface area contributed by atoms with Crippen LogP contribution in [-0.2, 0) is 4.74 Å². The average molecular weight is 239 g/mol. The fourth-order valence-corrected chi connectivity index (χ4v) is 2.56. The summed E-state index contributed by atoms with van der Waals surface area (Å²) >= 11 is 0. The van der Waals surface area contributed by atoms with Gasteiger partial charge in [-0.3, -0.25) is 4.99 Å². The Morgan fingerprint density at radius 2 is 2.24 bits per heavy atom. The molecule has 0 bridgehead atoms. The van der Waals surface area contributed by atoms with Crippen molar-refractivity contribution < 1.29 is 4.74 Å². The van der Waals surface area contributed by atoms with E-state index in [9.17, 15) is 0 Å². The van der Waals surface area contributed by atoms with Gasteiger partial charge in [-0.1, -0.05) is 13.8 Å². The van der Waals surface area contributed by atoms with Crippen molar-refractivity contribution in [2.45, 2.75) is 32.7 Å². The predicted molar refractivity (Wildman–Crippen MR) is 70.2 cm³/mol. The van der Waals surface area contributed by atoms with Gasteiger partial charge in [0.1, 0.15) is 0 Å². The van der Waals surface area contributed by atoms with E-state index in [1.54, 1.807) is 7.11 Å². The Balaban J connectivity index is 1.84. The molecule has 98 valence electrons. The minimum absolute atomic E-state index is 0.446. The van der Waals surface area contributed by atoms with Gasteiger partial charge in [-0.15, -0.1) is 0 Å². The standard InChI is InChI=1S/C13H25N3O/c1-13(2)7-11(13)15-12(14-3)16-6-5-10(8-16)9-17-4/h10-11H,5-9H2,1-4H3,(H,14,15). The lowest BCUT2D eigenvalue weighted by molar-refractivity contribution is 0.157. The fraction of sp³-hybridized carbons (Fsp3) is 0.923. The zero-order chi connectivity index (χ0) is 12.5. The summed E-state index contributed by atoms with van der Waals surface area (Å²) in [4.78, 5) is 6.76. The van der Waals surface area contributed by atoms with Crippen molar-refractivity contribution >= 4 is 5.96 Å². The van der Waals surface area contributed by atoms with Gasteiger partial charge < -0.3 is 15.0 Å². The first kappa shape index (κ1) is 12.7. The second-order valence-electron chi connectivity index (χ2n) is 5.99. The normalized spacial score (nSPS) is 31.8. The molecule has 1 saturated heterocycles. The maximum atomic E-state index is 5.23. The number of ether oxygens (including phenoxy) is 1. The summed E-state index contributed by atoms with van der Waals surface area (Å²) in [7, 11) is 3.66. The molecule has 2 unspecified atom stereocenters. The Kier molecular flexibility index (Phi) is 3.61. The molecule has 2 aliphatic rings. The van der Waals surface area contributed by atoms with Crippen LogP contribution >= 0.6 is 0 Å². The molecule has 0 aromatic rings. The minimum Gasteiger partial charge on any atom is -0.384 e. The van der Waals surface area contributed by atoms with E-state index in [0.29, 0.717) is 17.4 Å². The van der Waals surface area contributed by atoms with Crippen LogP contribution in [0.4, 0.5) is 0 Å². The highest BCUT2D eigenvalue weighted by molar-refractivity contribution is 5.81. The molecule has 1 N–H and O–H groups in total. The molecule has 1 aliphatic heterocycles. The number of likely N-dealkylation sites (tertiary alicyclic amines) is 1. The SMILES string of the molecule is CN=C(NC1CC1(C)C)N1CCC(COC)C1. The topological polar surface area (TPSA) is 36.9 Å². The van der Waals surface area contributed by atoms with Crippen LogP contribution in [0.1, 0.15) is 26.7 Å². The Morgan fingerprint density at radius 3 is 2.76 bits per heavy atom. The molecular formula is C13H25N3O. The first-order valence-corrected chi connectivity index (χ1v) is 6.54. The molecule has 2 fully saturated rings. The first-order chi connectivity index (χ1) is 8.06. The zero-order valence-electron chi connectivity index (χ0n) is 11.5. The van der Waals surface area contributed by atoms with Crippen LogP contribution in [-0.4, -0.2) is 50.8 Å². The summed E-state index contributed by atoms with van der Waals surface area (Å²) < 4.78 is 5.23. The van der Waals surface area contributed by atoms with E-state index in [2.05, 4.69) is 29.1 Å². The second-order valence-corrected chi connectivity index (χ2v) is 5.99. The molecule has 4 heteroatoms. The largest absolute Gasteiger partial charge is 0.384 e. The molecule has 17 heavy (non-hydrogen) atoms. The second kappa shape index (κ2) is 4.84. The van der Waals surface area contributed by atoms with Crippen molar-refractivity contribution in [3.8, 4) is 0 Å². The average Bonchev–Trinajstić information content (AvgIpc) is 2.70. The van der Waals surface area contributed by atoms with Crippen LogP contribution in [0.3, 0.4) is 0 Å². The third-order valence-electron chi connectivity index (χ3n) is 4.02. The van der Waals surface area contributed by atoms with Crippen molar-refractivity contribution in [1.29, 1.82) is 0 Å². The molecule has 4 nitrogen and oxygen atoms in total. The van der Waals surface area contributed by atoms with Gasteiger partial charge in [-0.25, -0.2) is 0 Å². The maximum absolute atomic E-state index is 5.23. The van der Waals surface area contributed by atoms with Gasteiger partial charge in [0.15, 0.2) is 5.96 Å². The van der Waals surface area contributed by atoms with Gasteiger partial charge in [0.25, 0.3) is 0 Å². The van der Waals surface area contributed by atoms with Crippen LogP contribution in [0.15, 0.2) is 4.99 Å². The lowest BCUT2D eigenvalue weighted by atomic mass is 10.1. The van der Waals surface area contributed by atoms with Crippen molar-refractivity contribution in [2.24, 2.45) is 16.3 Å².